The van der Waals surface area contributed by atoms with Gasteiger partial charge in [-0.25, -0.2) is 4.98 Å². The van der Waals surface area contributed by atoms with Crippen LogP contribution in [0.3, 0.4) is 0 Å². The van der Waals surface area contributed by atoms with Crippen LogP contribution in [0.4, 0.5) is 17.5 Å². The molecule has 0 spiro atoms. The Morgan fingerprint density at radius 2 is 1.67 bits per heavy atom. The van der Waals surface area contributed by atoms with E-state index in [1.54, 1.807) is 0 Å². The smallest absolute Gasteiger partial charge is 0.255 e. The Bertz CT molecular complexity index is 1050. The van der Waals surface area contributed by atoms with Crippen LogP contribution in [0.5, 0.6) is 0 Å². The Morgan fingerprint density at radius 3 is 2.37 bits per heavy atom. The summed E-state index contributed by atoms with van der Waals surface area (Å²) in [5.74, 6) is 1.57. The minimum absolute atomic E-state index is 0.0974. The maximum Gasteiger partial charge on any atom is 0.255 e. The van der Waals surface area contributed by atoms with Gasteiger partial charge in [0.25, 0.3) is 5.91 Å². The molecule has 1 aromatic heterocycles. The second-order valence-electron chi connectivity index (χ2n) is 7.44. The molecule has 3 aromatic rings. The number of aryl methyl sites for hydroxylation is 2. The summed E-state index contributed by atoms with van der Waals surface area (Å²) in [4.78, 5) is 26.2. The second-order valence-corrected chi connectivity index (χ2v) is 8.60. The summed E-state index contributed by atoms with van der Waals surface area (Å²) in [7, 11) is 0. The van der Waals surface area contributed by atoms with Crippen LogP contribution in [0.15, 0.2) is 54.6 Å². The van der Waals surface area contributed by atoms with Gasteiger partial charge in [0.2, 0.25) is 5.95 Å². The summed E-state index contributed by atoms with van der Waals surface area (Å²) < 4.78 is 0.987. The lowest BCUT2D eigenvalue weighted by molar-refractivity contribution is 0.0745. The summed E-state index contributed by atoms with van der Waals surface area (Å²) in [6, 6.07) is 17.9. The van der Waals surface area contributed by atoms with Crippen LogP contribution in [0, 0.1) is 17.4 Å². The van der Waals surface area contributed by atoms with Crippen LogP contribution < -0.4 is 10.2 Å². The molecule has 30 heavy (non-hydrogen) atoms. The Morgan fingerprint density at radius 1 is 0.967 bits per heavy atom. The predicted octanol–water partition coefficient (Wildman–Crippen LogP) is 4.40. The van der Waals surface area contributed by atoms with Gasteiger partial charge in [0, 0.05) is 47.2 Å². The zero-order valence-corrected chi connectivity index (χ0v) is 19.3. The van der Waals surface area contributed by atoms with E-state index in [-0.39, 0.29) is 5.91 Å². The van der Waals surface area contributed by atoms with E-state index in [0.717, 1.165) is 39.4 Å². The second kappa shape index (κ2) is 8.99. The number of carbonyl (C=O) groups is 1. The number of nitrogens with one attached hydrogen (secondary N) is 1. The molecule has 154 valence electrons. The van der Waals surface area contributed by atoms with Gasteiger partial charge >= 0.3 is 0 Å². The van der Waals surface area contributed by atoms with Crippen LogP contribution in [0.2, 0.25) is 0 Å². The number of hydrogen-bond acceptors (Lipinski definition) is 5. The van der Waals surface area contributed by atoms with E-state index in [1.807, 2.05) is 54.3 Å². The predicted molar refractivity (Wildman–Crippen MR) is 129 cm³/mol. The molecule has 1 aliphatic heterocycles. The summed E-state index contributed by atoms with van der Waals surface area (Å²) in [6.45, 7) is 6.88. The van der Waals surface area contributed by atoms with Crippen LogP contribution in [0.25, 0.3) is 0 Å². The number of rotatable bonds is 4. The van der Waals surface area contributed by atoms with E-state index in [1.165, 1.54) is 5.56 Å². The van der Waals surface area contributed by atoms with Crippen molar-refractivity contribution in [3.8, 4) is 0 Å². The Labute approximate surface area is 190 Å². The minimum Gasteiger partial charge on any atom is -0.353 e. The molecule has 2 aromatic carbocycles. The molecule has 0 bridgehead atoms. The minimum atomic E-state index is 0.0974. The van der Waals surface area contributed by atoms with Crippen molar-refractivity contribution in [2.75, 3.05) is 36.4 Å². The normalized spacial score (nSPS) is 14.0. The van der Waals surface area contributed by atoms with Gasteiger partial charge in [-0.1, -0.05) is 29.8 Å². The van der Waals surface area contributed by atoms with Crippen LogP contribution >= 0.6 is 22.6 Å². The van der Waals surface area contributed by atoms with Crippen molar-refractivity contribution in [3.63, 3.8) is 0 Å². The molecule has 1 fully saturated rings. The fourth-order valence-corrected chi connectivity index (χ4v) is 4.10. The number of amides is 1. The summed E-state index contributed by atoms with van der Waals surface area (Å²) in [5, 5.41) is 3.29. The Kier molecular flexibility index (Phi) is 6.17. The molecule has 2 heterocycles. The molecule has 0 radical (unpaired) electrons. The Balaban J connectivity index is 1.44. The molecule has 1 N–H and O–H groups in total. The fraction of sp³-hybridized carbons (Fsp3) is 0.261. The van der Waals surface area contributed by atoms with Crippen molar-refractivity contribution in [1.29, 1.82) is 0 Å². The van der Waals surface area contributed by atoms with E-state index < -0.39 is 0 Å². The molecule has 1 saturated heterocycles. The number of hydrogen-bond donors (Lipinski definition) is 1. The highest BCUT2D eigenvalue weighted by atomic mass is 127. The van der Waals surface area contributed by atoms with Gasteiger partial charge in [-0.05, 0) is 60.7 Å². The molecule has 0 atom stereocenters. The van der Waals surface area contributed by atoms with E-state index in [2.05, 4.69) is 56.8 Å². The lowest BCUT2D eigenvalue weighted by Gasteiger charge is -2.35. The number of benzene rings is 2. The van der Waals surface area contributed by atoms with Gasteiger partial charge in [0.05, 0.1) is 5.56 Å². The lowest BCUT2D eigenvalue weighted by Crippen LogP contribution is -2.49. The highest BCUT2D eigenvalue weighted by molar-refractivity contribution is 14.1. The molecule has 0 aliphatic carbocycles. The Hall–Kier alpha value is -2.68. The summed E-state index contributed by atoms with van der Waals surface area (Å²) in [5.41, 5.74) is 3.86. The third kappa shape index (κ3) is 4.72. The van der Waals surface area contributed by atoms with E-state index >= 15 is 0 Å². The van der Waals surface area contributed by atoms with Gasteiger partial charge in [0.1, 0.15) is 5.82 Å². The molecule has 1 amide bonds. The number of nitrogens with zero attached hydrogens (tertiary/aromatic N) is 4. The maximum absolute atomic E-state index is 12.9. The quantitative estimate of drug-likeness (QED) is 0.524. The topological polar surface area (TPSA) is 61.4 Å². The molecular formula is C23H24IN5O. The highest BCUT2D eigenvalue weighted by Crippen LogP contribution is 2.21. The summed E-state index contributed by atoms with van der Waals surface area (Å²) >= 11 is 2.22. The monoisotopic (exact) mass is 513 g/mol. The fourth-order valence-electron chi connectivity index (χ4n) is 3.48. The van der Waals surface area contributed by atoms with E-state index in [9.17, 15) is 4.79 Å². The molecule has 6 nitrogen and oxygen atoms in total. The zero-order valence-electron chi connectivity index (χ0n) is 17.1. The highest BCUT2D eigenvalue weighted by Gasteiger charge is 2.24. The number of anilines is 3. The van der Waals surface area contributed by atoms with Crippen molar-refractivity contribution in [2.24, 2.45) is 0 Å². The molecule has 0 saturated carbocycles. The first-order chi connectivity index (χ1) is 14.5. The molecule has 7 heteroatoms. The van der Waals surface area contributed by atoms with Crippen molar-refractivity contribution < 1.29 is 4.79 Å². The van der Waals surface area contributed by atoms with Crippen molar-refractivity contribution in [1.82, 2.24) is 14.9 Å². The maximum atomic E-state index is 12.9. The lowest BCUT2D eigenvalue weighted by atomic mass is 10.2. The van der Waals surface area contributed by atoms with Crippen molar-refractivity contribution in [2.45, 2.75) is 13.8 Å². The van der Waals surface area contributed by atoms with Gasteiger partial charge in [-0.3, -0.25) is 4.79 Å². The van der Waals surface area contributed by atoms with Crippen molar-refractivity contribution in [3.05, 3.63) is 75.0 Å². The van der Waals surface area contributed by atoms with E-state index in [0.29, 0.717) is 19.0 Å². The molecular weight excluding hydrogens is 489 g/mol. The third-order valence-electron chi connectivity index (χ3n) is 5.14. The van der Waals surface area contributed by atoms with Crippen LogP contribution in [-0.4, -0.2) is 47.0 Å². The average Bonchev–Trinajstić information content (AvgIpc) is 2.75. The summed E-state index contributed by atoms with van der Waals surface area (Å²) in [6.07, 6.45) is 0. The third-order valence-corrected chi connectivity index (χ3v) is 6.08. The van der Waals surface area contributed by atoms with Gasteiger partial charge in [-0.15, -0.1) is 0 Å². The van der Waals surface area contributed by atoms with Gasteiger partial charge in [0.15, 0.2) is 0 Å². The van der Waals surface area contributed by atoms with Gasteiger partial charge < -0.3 is 15.1 Å². The molecule has 0 unspecified atom stereocenters. The average molecular weight is 513 g/mol. The number of carbonyl (C=O) groups excluding carboxylic acids is 1. The van der Waals surface area contributed by atoms with E-state index in [4.69, 9.17) is 4.98 Å². The largest absolute Gasteiger partial charge is 0.353 e. The SMILES string of the molecule is Cc1ccc(Nc2nc(C)cc(N3CCN(C(=O)c4ccccc4I)CC3)n2)cc1. The zero-order chi connectivity index (χ0) is 21.1. The number of piperazine rings is 1. The van der Waals surface area contributed by atoms with Crippen LogP contribution in [-0.2, 0) is 0 Å². The van der Waals surface area contributed by atoms with Crippen molar-refractivity contribution >= 4 is 46.0 Å². The standard InChI is InChI=1S/C23H24IN5O/c1-16-7-9-18(10-8-16)26-23-25-17(2)15-21(27-23)28-11-13-29(14-12-28)22(30)19-5-3-4-6-20(19)24/h3-10,15H,11-14H2,1-2H3,(H,25,26,27). The number of aromatic nitrogens is 2. The number of halogens is 1. The first-order valence-corrected chi connectivity index (χ1v) is 11.1. The molecule has 1 aliphatic rings. The van der Waals surface area contributed by atoms with Crippen LogP contribution in [0.1, 0.15) is 21.6 Å². The van der Waals surface area contributed by atoms with Gasteiger partial charge in [-0.2, -0.15) is 4.98 Å². The molecule has 4 rings (SSSR count). The first kappa shape index (κ1) is 20.6. The first-order valence-electron chi connectivity index (χ1n) is 9.98.